The first-order valence-corrected chi connectivity index (χ1v) is 7.07. The monoisotopic (exact) mass is 259 g/mol. The van der Waals surface area contributed by atoms with E-state index in [2.05, 4.69) is 37.8 Å². The van der Waals surface area contributed by atoms with Crippen LogP contribution in [-0.2, 0) is 4.79 Å². The van der Waals surface area contributed by atoms with Gasteiger partial charge in [0.2, 0.25) is 0 Å². The number of carbonyl (C=O) groups excluding carboxylic acids is 1. The molecule has 0 heterocycles. The predicted molar refractivity (Wildman–Crippen MR) is 82.2 cm³/mol. The molecule has 1 aromatic rings. The van der Waals surface area contributed by atoms with Gasteiger partial charge in [0, 0.05) is 12.5 Å². The number of ketones is 1. The Morgan fingerprint density at radius 3 is 2.32 bits per heavy atom. The number of hydrogen-bond donors (Lipinski definition) is 0. The zero-order valence-corrected chi connectivity index (χ0v) is 12.5. The van der Waals surface area contributed by atoms with Crippen LogP contribution in [0.5, 0.6) is 0 Å². The molecule has 0 unspecified atom stereocenters. The normalized spacial score (nSPS) is 13.1. The van der Waals surface area contributed by atoms with Gasteiger partial charge in [0.15, 0.2) is 5.78 Å². The van der Waals surface area contributed by atoms with Crippen LogP contribution >= 0.6 is 0 Å². The predicted octanol–water partition coefficient (Wildman–Crippen LogP) is 3.56. The third-order valence-corrected chi connectivity index (χ3v) is 3.43. The van der Waals surface area contributed by atoms with Crippen molar-refractivity contribution < 1.29 is 4.79 Å². The van der Waals surface area contributed by atoms with Gasteiger partial charge < -0.3 is 4.90 Å². The lowest BCUT2D eigenvalue weighted by Gasteiger charge is -2.20. The molecule has 0 aliphatic heterocycles. The van der Waals surface area contributed by atoms with Crippen LogP contribution in [-0.4, -0.2) is 30.3 Å². The molecule has 0 aliphatic carbocycles. The van der Waals surface area contributed by atoms with Crippen molar-refractivity contribution in [3.63, 3.8) is 0 Å². The van der Waals surface area contributed by atoms with Crippen LogP contribution in [0.4, 0.5) is 0 Å². The Kier molecular flexibility index (Phi) is 6.51. The second kappa shape index (κ2) is 7.90. The van der Waals surface area contributed by atoms with Gasteiger partial charge in [-0.3, -0.25) is 4.79 Å². The van der Waals surface area contributed by atoms with Gasteiger partial charge in [-0.15, -0.1) is 0 Å². The summed E-state index contributed by atoms with van der Waals surface area (Å²) < 4.78 is 0. The number of aryl methyl sites for hydroxylation is 1. The van der Waals surface area contributed by atoms with Gasteiger partial charge >= 0.3 is 0 Å². The van der Waals surface area contributed by atoms with Crippen LogP contribution in [0, 0.1) is 12.8 Å². The fraction of sp³-hybridized carbons (Fsp3) is 0.471. The molecule has 1 aromatic carbocycles. The van der Waals surface area contributed by atoms with E-state index in [0.29, 0.717) is 0 Å². The number of nitrogens with zero attached hydrogens (tertiary/aromatic N) is 1. The molecule has 0 aromatic heterocycles. The van der Waals surface area contributed by atoms with Crippen LogP contribution in [0.1, 0.15) is 31.9 Å². The lowest BCUT2D eigenvalue weighted by molar-refractivity contribution is -0.118. The maximum Gasteiger partial charge on any atom is 0.159 e. The molecule has 0 radical (unpaired) electrons. The standard InChI is InChI=1S/C17H25NO/c1-5-18(6-2)13-15(4)17(19)12-11-16-9-7-14(3)8-10-16/h7-12,15H,5-6,13H2,1-4H3/b12-11+/t15-/m0/s1. The highest BCUT2D eigenvalue weighted by atomic mass is 16.1. The minimum atomic E-state index is 0.0570. The summed E-state index contributed by atoms with van der Waals surface area (Å²) in [7, 11) is 0. The highest BCUT2D eigenvalue weighted by Gasteiger charge is 2.12. The summed E-state index contributed by atoms with van der Waals surface area (Å²) in [4.78, 5) is 14.3. The first-order chi connectivity index (χ1) is 9.06. The summed E-state index contributed by atoms with van der Waals surface area (Å²) >= 11 is 0. The Morgan fingerprint density at radius 1 is 1.21 bits per heavy atom. The van der Waals surface area contributed by atoms with Crippen LogP contribution in [0.15, 0.2) is 30.3 Å². The van der Waals surface area contributed by atoms with E-state index in [1.54, 1.807) is 6.08 Å². The maximum atomic E-state index is 12.0. The summed E-state index contributed by atoms with van der Waals surface area (Å²) in [6, 6.07) is 8.19. The van der Waals surface area contributed by atoms with Gasteiger partial charge in [0.1, 0.15) is 0 Å². The van der Waals surface area contributed by atoms with Crippen LogP contribution in [0.25, 0.3) is 6.08 Å². The third-order valence-electron chi connectivity index (χ3n) is 3.43. The van der Waals surface area contributed by atoms with Crippen molar-refractivity contribution in [1.82, 2.24) is 4.90 Å². The number of allylic oxidation sites excluding steroid dienone is 1. The average molecular weight is 259 g/mol. The molecule has 0 saturated heterocycles. The lowest BCUT2D eigenvalue weighted by atomic mass is 10.0. The Hall–Kier alpha value is -1.41. The van der Waals surface area contributed by atoms with Gasteiger partial charge in [-0.25, -0.2) is 0 Å². The van der Waals surface area contributed by atoms with Crippen LogP contribution in [0.2, 0.25) is 0 Å². The van der Waals surface area contributed by atoms with Gasteiger partial charge in [-0.05, 0) is 31.7 Å². The quantitative estimate of drug-likeness (QED) is 0.698. The molecule has 1 rings (SSSR count). The Morgan fingerprint density at radius 2 is 1.79 bits per heavy atom. The summed E-state index contributed by atoms with van der Waals surface area (Å²) in [6.07, 6.45) is 3.61. The molecule has 2 heteroatoms. The number of carbonyl (C=O) groups is 1. The van der Waals surface area contributed by atoms with Crippen molar-refractivity contribution in [2.24, 2.45) is 5.92 Å². The molecule has 0 N–H and O–H groups in total. The van der Waals surface area contributed by atoms with Crippen molar-refractivity contribution >= 4 is 11.9 Å². The first kappa shape index (κ1) is 15.6. The molecule has 0 amide bonds. The largest absolute Gasteiger partial charge is 0.303 e. The van der Waals surface area contributed by atoms with Crippen molar-refractivity contribution in [1.29, 1.82) is 0 Å². The average Bonchev–Trinajstić information content (AvgIpc) is 2.43. The molecule has 19 heavy (non-hydrogen) atoms. The first-order valence-electron chi connectivity index (χ1n) is 7.07. The highest BCUT2D eigenvalue weighted by Crippen LogP contribution is 2.07. The number of rotatable bonds is 7. The summed E-state index contributed by atoms with van der Waals surface area (Å²) in [5.41, 5.74) is 2.31. The topological polar surface area (TPSA) is 20.3 Å². The molecule has 0 spiro atoms. The van der Waals surface area contributed by atoms with E-state index in [4.69, 9.17) is 0 Å². The Balaban J connectivity index is 2.56. The molecule has 104 valence electrons. The van der Waals surface area contributed by atoms with Gasteiger partial charge in [-0.2, -0.15) is 0 Å². The van der Waals surface area contributed by atoms with Gasteiger partial charge in [0.25, 0.3) is 0 Å². The summed E-state index contributed by atoms with van der Waals surface area (Å²) in [6.45, 7) is 11.1. The lowest BCUT2D eigenvalue weighted by Crippen LogP contribution is -2.31. The van der Waals surface area contributed by atoms with Crippen LogP contribution < -0.4 is 0 Å². The second-order valence-corrected chi connectivity index (χ2v) is 5.03. The van der Waals surface area contributed by atoms with E-state index < -0.39 is 0 Å². The van der Waals surface area contributed by atoms with Gasteiger partial charge in [0.05, 0.1) is 0 Å². The number of benzene rings is 1. The fourth-order valence-corrected chi connectivity index (χ4v) is 1.98. The zero-order valence-electron chi connectivity index (χ0n) is 12.5. The van der Waals surface area contributed by atoms with Crippen molar-refractivity contribution in [2.75, 3.05) is 19.6 Å². The zero-order chi connectivity index (χ0) is 14.3. The molecule has 1 atom stereocenters. The molecule has 2 nitrogen and oxygen atoms in total. The van der Waals surface area contributed by atoms with E-state index in [9.17, 15) is 4.79 Å². The highest BCUT2D eigenvalue weighted by molar-refractivity contribution is 5.95. The summed E-state index contributed by atoms with van der Waals surface area (Å²) in [5, 5.41) is 0. The van der Waals surface area contributed by atoms with E-state index >= 15 is 0 Å². The minimum Gasteiger partial charge on any atom is -0.303 e. The van der Waals surface area contributed by atoms with E-state index in [-0.39, 0.29) is 11.7 Å². The SMILES string of the molecule is CCN(CC)C[C@H](C)C(=O)/C=C/c1ccc(C)cc1. The number of hydrogen-bond acceptors (Lipinski definition) is 2. The summed E-state index contributed by atoms with van der Waals surface area (Å²) in [5.74, 6) is 0.258. The van der Waals surface area contributed by atoms with Gasteiger partial charge in [-0.1, -0.05) is 56.7 Å². The van der Waals surface area contributed by atoms with E-state index in [0.717, 1.165) is 25.2 Å². The minimum absolute atomic E-state index is 0.0570. The maximum absolute atomic E-state index is 12.0. The second-order valence-electron chi connectivity index (χ2n) is 5.03. The molecule has 0 aliphatic rings. The van der Waals surface area contributed by atoms with Crippen molar-refractivity contribution in [3.05, 3.63) is 41.5 Å². The van der Waals surface area contributed by atoms with E-state index in [1.807, 2.05) is 25.1 Å². The third kappa shape index (κ3) is 5.39. The Labute approximate surface area is 117 Å². The molecular weight excluding hydrogens is 234 g/mol. The smallest absolute Gasteiger partial charge is 0.159 e. The molecular formula is C17H25NO. The van der Waals surface area contributed by atoms with Crippen LogP contribution in [0.3, 0.4) is 0 Å². The molecule has 0 saturated carbocycles. The molecule has 0 fully saturated rings. The van der Waals surface area contributed by atoms with E-state index in [1.165, 1.54) is 5.56 Å². The molecule has 0 bridgehead atoms. The Bertz CT molecular complexity index is 415. The fourth-order valence-electron chi connectivity index (χ4n) is 1.98. The van der Waals surface area contributed by atoms with Crippen molar-refractivity contribution in [3.8, 4) is 0 Å². The van der Waals surface area contributed by atoms with Crippen molar-refractivity contribution in [2.45, 2.75) is 27.7 Å².